The molecule has 0 saturated heterocycles. The van der Waals surface area contributed by atoms with Crippen molar-refractivity contribution in [3.8, 4) is 0 Å². The molecule has 0 radical (unpaired) electrons. The summed E-state index contributed by atoms with van der Waals surface area (Å²) >= 11 is 1.48. The average molecular weight is 453 g/mol. The number of aromatic nitrogens is 4. The Bertz CT molecular complexity index is 1090. The number of rotatable bonds is 7. The van der Waals surface area contributed by atoms with Gasteiger partial charge in [-0.15, -0.1) is 5.10 Å². The van der Waals surface area contributed by atoms with Gasteiger partial charge in [0.25, 0.3) is 5.78 Å². The highest BCUT2D eigenvalue weighted by molar-refractivity contribution is 7.98. The highest BCUT2D eigenvalue weighted by Gasteiger charge is 2.18. The van der Waals surface area contributed by atoms with E-state index in [2.05, 4.69) is 56.6 Å². The molecule has 1 aliphatic rings. The van der Waals surface area contributed by atoms with Crippen molar-refractivity contribution in [2.75, 3.05) is 18.2 Å². The molecule has 170 valence electrons. The van der Waals surface area contributed by atoms with E-state index in [1.54, 1.807) is 4.52 Å². The molecule has 4 rings (SSSR count). The van der Waals surface area contributed by atoms with Crippen LogP contribution >= 0.6 is 11.8 Å². The number of anilines is 1. The van der Waals surface area contributed by atoms with Crippen molar-refractivity contribution in [3.05, 3.63) is 46.8 Å². The maximum Gasteiger partial charge on any atom is 0.253 e. The molecule has 3 aromatic rings. The van der Waals surface area contributed by atoms with Gasteiger partial charge in [0.2, 0.25) is 11.1 Å². The number of carbonyl (C=O) groups is 1. The molecule has 1 amide bonds. The Kier molecular flexibility index (Phi) is 6.98. The van der Waals surface area contributed by atoms with E-state index in [0.29, 0.717) is 23.5 Å². The van der Waals surface area contributed by atoms with Crippen LogP contribution in [-0.2, 0) is 17.8 Å². The summed E-state index contributed by atoms with van der Waals surface area (Å²) in [7, 11) is 2.19. The molecule has 0 unspecified atom stereocenters. The van der Waals surface area contributed by atoms with Gasteiger partial charge in [-0.2, -0.15) is 4.98 Å². The molecule has 1 aliphatic carbocycles. The predicted octanol–water partition coefficient (Wildman–Crippen LogP) is 4.09. The van der Waals surface area contributed by atoms with E-state index < -0.39 is 0 Å². The van der Waals surface area contributed by atoms with Crippen molar-refractivity contribution < 1.29 is 4.79 Å². The smallest absolute Gasteiger partial charge is 0.253 e. The first kappa shape index (κ1) is 22.6. The molecule has 1 saturated carbocycles. The fourth-order valence-corrected chi connectivity index (χ4v) is 4.82. The summed E-state index contributed by atoms with van der Waals surface area (Å²) in [4.78, 5) is 24.0. The second kappa shape index (κ2) is 9.90. The van der Waals surface area contributed by atoms with Crippen LogP contribution in [0.3, 0.4) is 0 Å². The number of nitrogens with one attached hydrogen (secondary N) is 1. The van der Waals surface area contributed by atoms with Gasteiger partial charge in [-0.05, 0) is 50.6 Å². The topological polar surface area (TPSA) is 75.4 Å². The minimum absolute atomic E-state index is 0.0223. The van der Waals surface area contributed by atoms with Gasteiger partial charge < -0.3 is 10.2 Å². The maximum atomic E-state index is 12.7. The van der Waals surface area contributed by atoms with Gasteiger partial charge in [-0.25, -0.2) is 9.50 Å². The number of benzene rings is 1. The van der Waals surface area contributed by atoms with Crippen molar-refractivity contribution in [2.24, 2.45) is 0 Å². The van der Waals surface area contributed by atoms with Gasteiger partial charge in [-0.3, -0.25) is 4.79 Å². The Balaban J connectivity index is 1.37. The SMILES string of the molecule is CSc1nc2nc(C)c(CC(=O)NCc3ccc(N(C)C4CCCCC4)cc3)c(C)n2n1. The molecule has 0 atom stereocenters. The molecule has 0 bridgehead atoms. The van der Waals surface area contributed by atoms with E-state index >= 15 is 0 Å². The summed E-state index contributed by atoms with van der Waals surface area (Å²) < 4.78 is 1.73. The molecule has 0 spiro atoms. The summed E-state index contributed by atoms with van der Waals surface area (Å²) in [5.41, 5.74) is 4.97. The number of carbonyl (C=O) groups excluding carboxylic acids is 1. The lowest BCUT2D eigenvalue weighted by Crippen LogP contribution is -2.33. The number of aryl methyl sites for hydroxylation is 2. The zero-order valence-corrected chi connectivity index (χ0v) is 20.2. The van der Waals surface area contributed by atoms with Crippen molar-refractivity contribution in [3.63, 3.8) is 0 Å². The zero-order chi connectivity index (χ0) is 22.7. The van der Waals surface area contributed by atoms with E-state index in [1.807, 2.05) is 20.1 Å². The lowest BCUT2D eigenvalue weighted by Gasteiger charge is -2.33. The van der Waals surface area contributed by atoms with E-state index in [-0.39, 0.29) is 12.3 Å². The van der Waals surface area contributed by atoms with Crippen LogP contribution in [0.4, 0.5) is 5.69 Å². The highest BCUT2D eigenvalue weighted by atomic mass is 32.2. The first-order valence-electron chi connectivity index (χ1n) is 11.3. The van der Waals surface area contributed by atoms with Crippen LogP contribution in [0, 0.1) is 13.8 Å². The standard InChI is InChI=1S/C24H32N6OS/c1-16-21(17(2)30-23(26-16)27-24(28-30)32-4)14-22(31)25-15-18-10-12-20(13-11-18)29(3)19-8-6-5-7-9-19/h10-13,19H,5-9,14-15H2,1-4H3,(H,25,31). The third kappa shape index (κ3) is 4.90. The third-order valence-corrected chi connectivity index (χ3v) is 7.04. The third-order valence-electron chi connectivity index (χ3n) is 6.51. The van der Waals surface area contributed by atoms with Gasteiger partial charge in [0, 0.05) is 42.3 Å². The number of hydrogen-bond acceptors (Lipinski definition) is 6. The normalized spacial score (nSPS) is 14.6. The van der Waals surface area contributed by atoms with Crippen LogP contribution in [0.15, 0.2) is 29.4 Å². The Labute approximate surface area is 194 Å². The first-order chi connectivity index (χ1) is 15.5. The molecule has 2 heterocycles. The van der Waals surface area contributed by atoms with Gasteiger partial charge in [0.05, 0.1) is 6.42 Å². The molecule has 1 aromatic carbocycles. The van der Waals surface area contributed by atoms with E-state index in [4.69, 9.17) is 0 Å². The number of amides is 1. The van der Waals surface area contributed by atoms with E-state index in [1.165, 1.54) is 49.6 Å². The second-order valence-electron chi connectivity index (χ2n) is 8.59. The largest absolute Gasteiger partial charge is 0.372 e. The molecule has 0 aliphatic heterocycles. The highest BCUT2D eigenvalue weighted by Crippen LogP contribution is 2.26. The fraction of sp³-hybridized carbons (Fsp3) is 0.500. The Hall–Kier alpha value is -2.61. The summed E-state index contributed by atoms with van der Waals surface area (Å²) in [5.74, 6) is 0.553. The monoisotopic (exact) mass is 452 g/mol. The summed E-state index contributed by atoms with van der Waals surface area (Å²) in [6.45, 7) is 4.40. The van der Waals surface area contributed by atoms with E-state index in [0.717, 1.165) is 22.5 Å². The van der Waals surface area contributed by atoms with Gasteiger partial charge in [-0.1, -0.05) is 43.2 Å². The van der Waals surface area contributed by atoms with Crippen molar-refractivity contribution in [2.45, 2.75) is 70.1 Å². The molecular formula is C24H32N6OS. The zero-order valence-electron chi connectivity index (χ0n) is 19.4. The number of hydrogen-bond donors (Lipinski definition) is 1. The molecule has 1 fully saturated rings. The molecular weight excluding hydrogens is 420 g/mol. The van der Waals surface area contributed by atoms with Crippen molar-refractivity contribution in [1.29, 1.82) is 0 Å². The number of thioether (sulfide) groups is 1. The van der Waals surface area contributed by atoms with Crippen LogP contribution in [-0.4, -0.2) is 44.8 Å². The van der Waals surface area contributed by atoms with Crippen LogP contribution in [0.25, 0.3) is 5.78 Å². The quantitative estimate of drug-likeness (QED) is 0.544. The van der Waals surface area contributed by atoms with Gasteiger partial charge >= 0.3 is 0 Å². The Morgan fingerprint density at radius 3 is 2.56 bits per heavy atom. The number of nitrogens with zero attached hydrogens (tertiary/aromatic N) is 5. The Morgan fingerprint density at radius 2 is 1.88 bits per heavy atom. The molecule has 2 aromatic heterocycles. The lowest BCUT2D eigenvalue weighted by atomic mass is 9.94. The predicted molar refractivity (Wildman–Crippen MR) is 129 cm³/mol. The lowest BCUT2D eigenvalue weighted by molar-refractivity contribution is -0.120. The minimum Gasteiger partial charge on any atom is -0.372 e. The molecule has 8 heteroatoms. The summed E-state index contributed by atoms with van der Waals surface area (Å²) in [6, 6.07) is 9.19. The van der Waals surface area contributed by atoms with Crippen LogP contribution in [0.2, 0.25) is 0 Å². The minimum atomic E-state index is -0.0223. The summed E-state index contributed by atoms with van der Waals surface area (Å²) in [5, 5.41) is 8.19. The van der Waals surface area contributed by atoms with Gasteiger partial charge in [0.1, 0.15) is 0 Å². The summed E-state index contributed by atoms with van der Waals surface area (Å²) in [6.07, 6.45) is 8.79. The van der Waals surface area contributed by atoms with Crippen LogP contribution < -0.4 is 10.2 Å². The Morgan fingerprint density at radius 1 is 1.16 bits per heavy atom. The van der Waals surface area contributed by atoms with Gasteiger partial charge in [0.15, 0.2) is 0 Å². The second-order valence-corrected chi connectivity index (χ2v) is 9.37. The number of fused-ring (bicyclic) bond motifs is 1. The van der Waals surface area contributed by atoms with Crippen molar-refractivity contribution >= 4 is 29.1 Å². The maximum absolute atomic E-state index is 12.7. The van der Waals surface area contributed by atoms with E-state index in [9.17, 15) is 4.79 Å². The van der Waals surface area contributed by atoms with Crippen LogP contribution in [0.5, 0.6) is 0 Å². The fourth-order valence-electron chi connectivity index (χ4n) is 4.48. The molecule has 1 N–H and O–H groups in total. The average Bonchev–Trinajstić information content (AvgIpc) is 3.24. The molecule has 7 nitrogen and oxygen atoms in total. The molecule has 32 heavy (non-hydrogen) atoms. The van der Waals surface area contributed by atoms with Crippen molar-refractivity contribution in [1.82, 2.24) is 24.9 Å². The van der Waals surface area contributed by atoms with Crippen LogP contribution in [0.1, 0.15) is 54.6 Å². The first-order valence-corrected chi connectivity index (χ1v) is 12.5.